The van der Waals surface area contributed by atoms with Crippen molar-refractivity contribution in [3.63, 3.8) is 0 Å². The lowest BCUT2D eigenvalue weighted by atomic mass is 9.80. The highest BCUT2D eigenvalue weighted by atomic mass is 79.9. The zero-order chi connectivity index (χ0) is 15.2. The lowest BCUT2D eigenvalue weighted by molar-refractivity contribution is -0.0832. The smallest absolute Gasteiger partial charge is 0.139 e. The molecule has 114 valence electrons. The molecular formula is C15H17BrClFN2O. The van der Waals surface area contributed by atoms with Gasteiger partial charge >= 0.3 is 0 Å². The molecule has 0 spiro atoms. The van der Waals surface area contributed by atoms with E-state index < -0.39 is 0 Å². The summed E-state index contributed by atoms with van der Waals surface area (Å²) in [5.41, 5.74) is 1.34. The first-order chi connectivity index (χ1) is 9.96. The molecular weight excluding hydrogens is 359 g/mol. The second-order valence-corrected chi connectivity index (χ2v) is 7.18. The van der Waals surface area contributed by atoms with E-state index in [1.54, 1.807) is 13.2 Å². The monoisotopic (exact) mass is 374 g/mol. The summed E-state index contributed by atoms with van der Waals surface area (Å²) >= 11 is 9.47. The Labute approximate surface area is 136 Å². The van der Waals surface area contributed by atoms with E-state index in [9.17, 15) is 4.39 Å². The number of alkyl halides is 1. The van der Waals surface area contributed by atoms with Crippen molar-refractivity contribution in [2.24, 2.45) is 0 Å². The summed E-state index contributed by atoms with van der Waals surface area (Å²) in [5, 5.41) is -0.242. The van der Waals surface area contributed by atoms with Crippen molar-refractivity contribution in [2.45, 2.75) is 43.7 Å². The van der Waals surface area contributed by atoms with Gasteiger partial charge in [-0.2, -0.15) is 0 Å². The standard InChI is InChI=1S/C15H17BrClFN2O/c1-9(17)14-19-12-6-10(16)11(18)7-13(12)20(14)8-15(21-2)4-3-5-15/h6-7,9H,3-5,8H2,1-2H3. The third-order valence-corrected chi connectivity index (χ3v) is 5.12. The molecule has 1 aromatic heterocycles. The van der Waals surface area contributed by atoms with Crippen LogP contribution in [0.3, 0.4) is 0 Å². The largest absolute Gasteiger partial charge is 0.376 e. The molecule has 0 N–H and O–H groups in total. The number of ether oxygens (including phenoxy) is 1. The fourth-order valence-electron chi connectivity index (χ4n) is 2.89. The maximum Gasteiger partial charge on any atom is 0.139 e. The first-order valence-electron chi connectivity index (χ1n) is 7.00. The van der Waals surface area contributed by atoms with Gasteiger partial charge in [0.25, 0.3) is 0 Å². The molecule has 1 atom stereocenters. The Morgan fingerprint density at radius 1 is 1.52 bits per heavy atom. The van der Waals surface area contributed by atoms with Gasteiger partial charge in [0, 0.05) is 13.2 Å². The van der Waals surface area contributed by atoms with Gasteiger partial charge < -0.3 is 9.30 Å². The van der Waals surface area contributed by atoms with Gasteiger partial charge in [0.2, 0.25) is 0 Å². The third-order valence-electron chi connectivity index (χ3n) is 4.32. The normalized spacial score (nSPS) is 18.7. The minimum Gasteiger partial charge on any atom is -0.376 e. The van der Waals surface area contributed by atoms with Crippen molar-refractivity contribution >= 4 is 38.6 Å². The summed E-state index contributed by atoms with van der Waals surface area (Å²) in [6.07, 6.45) is 3.18. The quantitative estimate of drug-likeness (QED) is 0.717. The van der Waals surface area contributed by atoms with E-state index in [-0.39, 0.29) is 16.8 Å². The van der Waals surface area contributed by atoms with Crippen molar-refractivity contribution in [1.29, 1.82) is 0 Å². The van der Waals surface area contributed by atoms with Crippen molar-refractivity contribution in [3.05, 3.63) is 28.2 Å². The van der Waals surface area contributed by atoms with Crippen LogP contribution in [0.15, 0.2) is 16.6 Å². The number of benzene rings is 1. The van der Waals surface area contributed by atoms with Crippen LogP contribution in [0, 0.1) is 5.82 Å². The SMILES string of the molecule is COC1(Cn2c(C(C)Cl)nc3cc(Br)c(F)cc32)CCC1. The Kier molecular flexibility index (Phi) is 4.01. The molecule has 1 saturated carbocycles. The minimum absolute atomic E-state index is 0.169. The number of hydrogen-bond donors (Lipinski definition) is 0. The molecule has 1 unspecified atom stereocenters. The van der Waals surface area contributed by atoms with E-state index in [4.69, 9.17) is 16.3 Å². The van der Waals surface area contributed by atoms with Gasteiger partial charge in [0.15, 0.2) is 0 Å². The van der Waals surface area contributed by atoms with Crippen molar-refractivity contribution in [3.8, 4) is 0 Å². The van der Waals surface area contributed by atoms with E-state index in [2.05, 4.69) is 20.9 Å². The molecule has 1 fully saturated rings. The predicted octanol–water partition coefficient (Wildman–Crippen LogP) is 4.81. The number of methoxy groups -OCH3 is 1. The van der Waals surface area contributed by atoms with E-state index in [1.807, 2.05) is 11.5 Å². The van der Waals surface area contributed by atoms with Gasteiger partial charge in [-0.15, -0.1) is 11.6 Å². The number of imidazole rings is 1. The van der Waals surface area contributed by atoms with Crippen LogP contribution in [0.4, 0.5) is 4.39 Å². The van der Waals surface area contributed by atoms with Gasteiger partial charge in [-0.25, -0.2) is 9.37 Å². The zero-order valence-corrected chi connectivity index (χ0v) is 14.3. The Balaban J connectivity index is 2.13. The molecule has 21 heavy (non-hydrogen) atoms. The number of nitrogens with zero attached hydrogens (tertiary/aromatic N) is 2. The maximum atomic E-state index is 13.9. The minimum atomic E-state index is -0.294. The molecule has 0 aliphatic heterocycles. The van der Waals surface area contributed by atoms with E-state index in [1.165, 1.54) is 6.07 Å². The van der Waals surface area contributed by atoms with Crippen molar-refractivity contribution < 1.29 is 9.13 Å². The highest BCUT2D eigenvalue weighted by Gasteiger charge is 2.38. The number of fused-ring (bicyclic) bond motifs is 1. The van der Waals surface area contributed by atoms with Crippen LogP contribution in [-0.4, -0.2) is 22.3 Å². The second kappa shape index (κ2) is 5.52. The van der Waals surface area contributed by atoms with Gasteiger partial charge in [0.1, 0.15) is 11.6 Å². The van der Waals surface area contributed by atoms with Crippen molar-refractivity contribution in [2.75, 3.05) is 7.11 Å². The van der Waals surface area contributed by atoms with Gasteiger partial charge in [-0.3, -0.25) is 0 Å². The second-order valence-electron chi connectivity index (χ2n) is 5.67. The zero-order valence-electron chi connectivity index (χ0n) is 12.0. The Hall–Kier alpha value is -0.650. The average Bonchev–Trinajstić information content (AvgIpc) is 2.73. The number of hydrogen-bond acceptors (Lipinski definition) is 2. The van der Waals surface area contributed by atoms with Gasteiger partial charge in [0.05, 0.1) is 33.0 Å². The van der Waals surface area contributed by atoms with Crippen LogP contribution in [0.25, 0.3) is 11.0 Å². The van der Waals surface area contributed by atoms with Crippen LogP contribution in [-0.2, 0) is 11.3 Å². The van der Waals surface area contributed by atoms with E-state index in [0.29, 0.717) is 11.0 Å². The topological polar surface area (TPSA) is 27.1 Å². The number of rotatable bonds is 4. The fraction of sp³-hybridized carbons (Fsp3) is 0.533. The highest BCUT2D eigenvalue weighted by molar-refractivity contribution is 9.10. The molecule has 3 nitrogen and oxygen atoms in total. The molecule has 2 aromatic rings. The predicted molar refractivity (Wildman–Crippen MR) is 85.3 cm³/mol. The molecule has 1 aromatic carbocycles. The first-order valence-corrected chi connectivity index (χ1v) is 8.23. The Morgan fingerprint density at radius 2 is 2.24 bits per heavy atom. The van der Waals surface area contributed by atoms with Crippen LogP contribution < -0.4 is 0 Å². The number of aromatic nitrogens is 2. The van der Waals surface area contributed by atoms with E-state index >= 15 is 0 Å². The summed E-state index contributed by atoms with van der Waals surface area (Å²) in [5.74, 6) is 0.463. The molecule has 0 saturated heterocycles. The number of halogens is 3. The van der Waals surface area contributed by atoms with Crippen LogP contribution in [0.5, 0.6) is 0 Å². The molecule has 1 aliphatic rings. The molecule has 6 heteroatoms. The molecule has 0 bridgehead atoms. The lowest BCUT2D eigenvalue weighted by Crippen LogP contribution is -2.43. The highest BCUT2D eigenvalue weighted by Crippen LogP contribution is 2.39. The van der Waals surface area contributed by atoms with Gasteiger partial charge in [-0.05, 0) is 48.2 Å². The molecule has 0 radical (unpaired) electrons. The van der Waals surface area contributed by atoms with E-state index in [0.717, 1.165) is 36.1 Å². The lowest BCUT2D eigenvalue weighted by Gasteiger charge is -2.41. The fourth-order valence-corrected chi connectivity index (χ4v) is 3.39. The summed E-state index contributed by atoms with van der Waals surface area (Å²) in [6.45, 7) is 2.54. The van der Waals surface area contributed by atoms with Crippen LogP contribution in [0.1, 0.15) is 37.4 Å². The first kappa shape index (κ1) is 15.3. The summed E-state index contributed by atoms with van der Waals surface area (Å²) in [4.78, 5) is 4.57. The van der Waals surface area contributed by atoms with Gasteiger partial charge in [-0.1, -0.05) is 0 Å². The molecule has 0 amide bonds. The summed E-state index contributed by atoms with van der Waals surface area (Å²) in [6, 6.07) is 3.21. The summed E-state index contributed by atoms with van der Waals surface area (Å²) in [7, 11) is 1.74. The maximum absolute atomic E-state index is 13.9. The third kappa shape index (κ3) is 2.60. The molecule has 1 heterocycles. The summed E-state index contributed by atoms with van der Waals surface area (Å²) < 4.78 is 22.0. The van der Waals surface area contributed by atoms with Crippen molar-refractivity contribution in [1.82, 2.24) is 9.55 Å². The molecule has 3 rings (SSSR count). The van der Waals surface area contributed by atoms with Crippen LogP contribution in [0.2, 0.25) is 0 Å². The molecule has 1 aliphatic carbocycles. The van der Waals surface area contributed by atoms with Crippen LogP contribution >= 0.6 is 27.5 Å². The average molecular weight is 376 g/mol. The Morgan fingerprint density at radius 3 is 2.76 bits per heavy atom. The Bertz CT molecular complexity index is 676.